The highest BCUT2D eigenvalue weighted by Gasteiger charge is 2.34. The van der Waals surface area contributed by atoms with Gasteiger partial charge in [0.05, 0.1) is 0 Å². The van der Waals surface area contributed by atoms with E-state index in [9.17, 15) is 4.79 Å². The number of rotatable bonds is 18. The SMILES string of the molecule is CCCCCCCCCCCCCCCCC[N+]1(CN2CCCC2=O)\C=C/C=C\C=C/O1.[Cl-]. The van der Waals surface area contributed by atoms with E-state index in [0.717, 1.165) is 25.9 Å². The molecule has 2 aliphatic heterocycles. The van der Waals surface area contributed by atoms with Crippen LogP contribution in [0.1, 0.15) is 116 Å². The van der Waals surface area contributed by atoms with Gasteiger partial charge in [0.1, 0.15) is 12.7 Å². The van der Waals surface area contributed by atoms with Crippen LogP contribution < -0.4 is 12.4 Å². The average molecular weight is 481 g/mol. The largest absolute Gasteiger partial charge is 1.00 e. The summed E-state index contributed by atoms with van der Waals surface area (Å²) in [4.78, 5) is 20.3. The molecule has 0 saturated carbocycles. The molecule has 0 radical (unpaired) electrons. The molecule has 0 aromatic heterocycles. The quantitative estimate of drug-likeness (QED) is 0.208. The monoisotopic (exact) mass is 480 g/mol. The highest BCUT2D eigenvalue weighted by molar-refractivity contribution is 5.77. The molecule has 1 amide bonds. The Morgan fingerprint density at radius 2 is 1.33 bits per heavy atom. The average Bonchev–Trinajstić information content (AvgIpc) is 3.17. The first-order valence-electron chi connectivity index (χ1n) is 13.6. The van der Waals surface area contributed by atoms with Gasteiger partial charge in [-0.05, 0) is 25.0 Å². The lowest BCUT2D eigenvalue weighted by atomic mass is 10.0. The highest BCUT2D eigenvalue weighted by Crippen LogP contribution is 2.21. The van der Waals surface area contributed by atoms with Crippen molar-refractivity contribution in [3.05, 3.63) is 36.8 Å². The van der Waals surface area contributed by atoms with Gasteiger partial charge in [0.2, 0.25) is 5.91 Å². The van der Waals surface area contributed by atoms with Crippen molar-refractivity contribution < 1.29 is 26.7 Å². The van der Waals surface area contributed by atoms with E-state index >= 15 is 0 Å². The second-order valence-electron chi connectivity index (χ2n) is 9.69. The summed E-state index contributed by atoms with van der Waals surface area (Å²) in [7, 11) is 0. The molecule has 190 valence electrons. The van der Waals surface area contributed by atoms with Gasteiger partial charge in [-0.1, -0.05) is 107 Å². The van der Waals surface area contributed by atoms with Gasteiger partial charge in [0, 0.05) is 19.4 Å². The minimum Gasteiger partial charge on any atom is -1.00 e. The molecule has 0 N–H and O–H groups in total. The maximum absolute atomic E-state index is 12.2. The van der Waals surface area contributed by atoms with Crippen molar-refractivity contribution in [1.29, 1.82) is 0 Å². The van der Waals surface area contributed by atoms with Crippen LogP contribution in [0.5, 0.6) is 0 Å². The third kappa shape index (κ3) is 13.3. The van der Waals surface area contributed by atoms with Gasteiger partial charge in [-0.15, -0.1) is 0 Å². The van der Waals surface area contributed by atoms with E-state index in [0.29, 0.717) is 17.7 Å². The molecule has 5 heteroatoms. The van der Waals surface area contributed by atoms with E-state index in [1.54, 1.807) is 6.26 Å². The first-order chi connectivity index (χ1) is 15.8. The second kappa shape index (κ2) is 19.1. The molecule has 2 aliphatic rings. The minimum absolute atomic E-state index is 0. The number of nitrogens with zero attached hydrogens (tertiary/aromatic N) is 2. The Labute approximate surface area is 210 Å². The third-order valence-corrected chi connectivity index (χ3v) is 6.76. The van der Waals surface area contributed by atoms with Gasteiger partial charge in [-0.25, -0.2) is 0 Å². The number of unbranched alkanes of at least 4 members (excludes halogenated alkanes) is 14. The molecule has 0 bridgehead atoms. The maximum atomic E-state index is 12.2. The first kappa shape index (κ1) is 29.8. The smallest absolute Gasteiger partial charge is 0.227 e. The van der Waals surface area contributed by atoms with Gasteiger partial charge in [-0.2, -0.15) is 0 Å². The second-order valence-corrected chi connectivity index (χ2v) is 9.69. The number of carbonyl (C=O) groups is 1. The van der Waals surface area contributed by atoms with E-state index in [1.165, 1.54) is 89.9 Å². The number of amides is 1. The molecule has 33 heavy (non-hydrogen) atoms. The molecule has 0 aromatic rings. The molecule has 1 atom stereocenters. The first-order valence-corrected chi connectivity index (χ1v) is 13.6. The van der Waals surface area contributed by atoms with Gasteiger partial charge in [-0.3, -0.25) is 9.69 Å². The molecule has 1 unspecified atom stereocenters. The van der Waals surface area contributed by atoms with Gasteiger partial charge in [0.15, 0.2) is 12.9 Å². The van der Waals surface area contributed by atoms with Crippen molar-refractivity contribution in [3.63, 3.8) is 0 Å². The van der Waals surface area contributed by atoms with Gasteiger partial charge < -0.3 is 17.2 Å². The summed E-state index contributed by atoms with van der Waals surface area (Å²) in [6, 6.07) is 0. The van der Waals surface area contributed by atoms with Crippen LogP contribution >= 0.6 is 0 Å². The van der Waals surface area contributed by atoms with Crippen molar-refractivity contribution in [2.45, 2.75) is 116 Å². The zero-order valence-electron chi connectivity index (χ0n) is 21.2. The summed E-state index contributed by atoms with van der Waals surface area (Å²) in [5.41, 5.74) is 0. The van der Waals surface area contributed by atoms with Crippen LogP contribution in [-0.4, -0.2) is 35.2 Å². The lowest BCUT2D eigenvalue weighted by molar-refractivity contribution is -1.06. The lowest BCUT2D eigenvalue weighted by Crippen LogP contribution is -3.00. The Kier molecular flexibility index (Phi) is 17.2. The Morgan fingerprint density at radius 1 is 0.788 bits per heavy atom. The molecule has 2 rings (SSSR count). The molecular formula is C28H49ClN2O2. The maximum Gasteiger partial charge on any atom is 0.227 e. The van der Waals surface area contributed by atoms with Crippen molar-refractivity contribution in [1.82, 2.24) is 4.90 Å². The van der Waals surface area contributed by atoms with E-state index in [-0.39, 0.29) is 18.3 Å². The van der Waals surface area contributed by atoms with Crippen LogP contribution in [0.4, 0.5) is 0 Å². The third-order valence-electron chi connectivity index (χ3n) is 6.76. The molecule has 0 aliphatic carbocycles. The standard InChI is InChI=1S/C28H49N2O2.ClH/c1-2-3-4-5-6-7-8-9-10-11-12-13-14-15-18-24-30(25-19-16-17-20-26-32-30)27-29-23-21-22-28(29)31;/h16-17,19-20,25-26H,2-15,18,21-24,27H2,1H3;1H/q+1;/p-1/b17-16-,25-19-,26-20-;. The van der Waals surface area contributed by atoms with E-state index in [4.69, 9.17) is 4.84 Å². The summed E-state index contributed by atoms with van der Waals surface area (Å²) < 4.78 is 0.394. The topological polar surface area (TPSA) is 29.5 Å². The Morgan fingerprint density at radius 3 is 1.88 bits per heavy atom. The molecule has 0 aromatic carbocycles. The summed E-state index contributed by atoms with van der Waals surface area (Å²) in [5.74, 6) is 0.262. The fourth-order valence-corrected chi connectivity index (χ4v) is 4.74. The molecule has 4 nitrogen and oxygen atoms in total. The van der Waals surface area contributed by atoms with Crippen molar-refractivity contribution >= 4 is 5.91 Å². The Balaban J connectivity index is 0.00000544. The number of quaternary nitrogens is 1. The van der Waals surface area contributed by atoms with E-state index < -0.39 is 0 Å². The number of hydrogen-bond acceptors (Lipinski definition) is 2. The van der Waals surface area contributed by atoms with Crippen LogP contribution in [-0.2, 0) is 9.63 Å². The summed E-state index contributed by atoms with van der Waals surface area (Å²) >= 11 is 0. The Bertz CT molecular complexity index is 590. The van der Waals surface area contributed by atoms with Crippen LogP contribution in [0.15, 0.2) is 36.8 Å². The minimum atomic E-state index is 0. The highest BCUT2D eigenvalue weighted by atomic mass is 35.5. The zero-order chi connectivity index (χ0) is 22.7. The van der Waals surface area contributed by atoms with Gasteiger partial charge in [0.25, 0.3) is 0 Å². The van der Waals surface area contributed by atoms with Crippen molar-refractivity contribution in [2.24, 2.45) is 0 Å². The zero-order valence-corrected chi connectivity index (χ0v) is 22.0. The molecule has 2 heterocycles. The number of hydrogen-bond donors (Lipinski definition) is 0. The number of likely N-dealkylation sites (tertiary alicyclic amines) is 1. The number of hydroxylamine groups is 3. The summed E-state index contributed by atoms with van der Waals surface area (Å²) in [5, 5.41) is 0. The summed E-state index contributed by atoms with van der Waals surface area (Å²) in [6.07, 6.45) is 34.1. The Hall–Kier alpha value is -1.26. The fraction of sp³-hybridized carbons (Fsp3) is 0.750. The summed E-state index contributed by atoms with van der Waals surface area (Å²) in [6.45, 7) is 4.67. The molecule has 1 saturated heterocycles. The molecule has 1 fully saturated rings. The van der Waals surface area contributed by atoms with Crippen LogP contribution in [0.2, 0.25) is 0 Å². The van der Waals surface area contributed by atoms with Crippen LogP contribution in [0.25, 0.3) is 0 Å². The van der Waals surface area contributed by atoms with E-state index in [1.807, 2.05) is 23.1 Å². The van der Waals surface area contributed by atoms with Gasteiger partial charge >= 0.3 is 0 Å². The predicted octanol–water partition coefficient (Wildman–Crippen LogP) is 4.79. The van der Waals surface area contributed by atoms with Crippen LogP contribution in [0, 0.1) is 0 Å². The molecule has 0 spiro atoms. The van der Waals surface area contributed by atoms with E-state index in [2.05, 4.69) is 19.2 Å². The van der Waals surface area contributed by atoms with Crippen molar-refractivity contribution in [3.8, 4) is 0 Å². The number of allylic oxidation sites excluding steroid dienone is 4. The molecular weight excluding hydrogens is 432 g/mol. The number of halogens is 1. The lowest BCUT2D eigenvalue weighted by Gasteiger charge is -2.34. The number of carbonyl (C=O) groups excluding carboxylic acids is 1. The predicted molar refractivity (Wildman–Crippen MR) is 134 cm³/mol. The fourth-order valence-electron chi connectivity index (χ4n) is 4.74. The van der Waals surface area contributed by atoms with Crippen molar-refractivity contribution in [2.75, 3.05) is 19.8 Å². The normalized spacial score (nSPS) is 22.8. The van der Waals surface area contributed by atoms with Crippen LogP contribution in [0.3, 0.4) is 0 Å².